The molecule has 2 unspecified atom stereocenters. The molecule has 2 atom stereocenters. The number of nitrogens with zero attached hydrogens (tertiary/aromatic N) is 2. The minimum absolute atomic E-state index is 0.647. The van der Waals surface area contributed by atoms with Crippen LogP contribution in [0.2, 0.25) is 0 Å². The summed E-state index contributed by atoms with van der Waals surface area (Å²) in [6.07, 6.45) is 3.95. The van der Waals surface area contributed by atoms with Crippen LogP contribution in [0.3, 0.4) is 0 Å². The Morgan fingerprint density at radius 2 is 1.58 bits per heavy atom. The van der Waals surface area contributed by atoms with Gasteiger partial charge < -0.3 is 4.90 Å². The summed E-state index contributed by atoms with van der Waals surface area (Å²) in [6.45, 7) is 8.17. The Balaban J connectivity index is 0.000000342. The summed E-state index contributed by atoms with van der Waals surface area (Å²) in [4.78, 5) is 16.2. The predicted molar refractivity (Wildman–Crippen MR) is 112 cm³/mol. The zero-order chi connectivity index (χ0) is 18.2. The summed E-state index contributed by atoms with van der Waals surface area (Å²) in [5, 5.41) is 1.65. The lowest BCUT2D eigenvalue weighted by Gasteiger charge is -2.32. The molecule has 1 aromatic rings. The SMILES string of the molecule is CC1CC(C)CN(C=O)C1.CC=N/C(=C\S)CS.c1ccccc1. The molecule has 0 bridgehead atoms. The molecule has 5 heteroatoms. The molecule has 0 aliphatic carbocycles. The van der Waals surface area contributed by atoms with Gasteiger partial charge in [0.1, 0.15) is 0 Å². The van der Waals surface area contributed by atoms with Gasteiger partial charge in [0.25, 0.3) is 0 Å². The largest absolute Gasteiger partial charge is 0.345 e. The van der Waals surface area contributed by atoms with Crippen LogP contribution in [0.15, 0.2) is 52.5 Å². The van der Waals surface area contributed by atoms with E-state index in [-0.39, 0.29) is 0 Å². The van der Waals surface area contributed by atoms with E-state index in [1.54, 1.807) is 11.6 Å². The maximum Gasteiger partial charge on any atom is 0.209 e. The van der Waals surface area contributed by atoms with Gasteiger partial charge in [-0.15, -0.1) is 12.6 Å². The third-order valence-electron chi connectivity index (χ3n) is 3.32. The van der Waals surface area contributed by atoms with Gasteiger partial charge in [0, 0.05) is 25.1 Å². The van der Waals surface area contributed by atoms with Crippen molar-refractivity contribution in [3.05, 3.63) is 47.5 Å². The molecule has 1 aliphatic heterocycles. The number of likely N-dealkylation sites (tertiary alicyclic amines) is 1. The first-order valence-corrected chi connectivity index (χ1v) is 9.34. The molecule has 0 saturated carbocycles. The lowest BCUT2D eigenvalue weighted by Crippen LogP contribution is -2.37. The summed E-state index contributed by atoms with van der Waals surface area (Å²) in [5.41, 5.74) is 0.888. The van der Waals surface area contributed by atoms with Crippen LogP contribution in [-0.2, 0) is 4.79 Å². The fourth-order valence-corrected chi connectivity index (χ4v) is 2.94. The maximum atomic E-state index is 10.4. The van der Waals surface area contributed by atoms with Crippen LogP contribution >= 0.6 is 25.3 Å². The Labute approximate surface area is 158 Å². The fourth-order valence-electron chi connectivity index (χ4n) is 2.46. The second kappa shape index (κ2) is 15.3. The van der Waals surface area contributed by atoms with E-state index in [0.29, 0.717) is 17.6 Å². The number of amides is 1. The van der Waals surface area contributed by atoms with E-state index in [2.05, 4.69) is 44.1 Å². The number of piperidine rings is 1. The molecule has 0 radical (unpaired) electrons. The van der Waals surface area contributed by atoms with Gasteiger partial charge in [-0.3, -0.25) is 9.79 Å². The van der Waals surface area contributed by atoms with Crippen molar-refractivity contribution in [3.63, 3.8) is 0 Å². The molecule has 0 aromatic heterocycles. The molecular weight excluding hydrogens is 336 g/mol. The van der Waals surface area contributed by atoms with Crippen molar-refractivity contribution in [3.8, 4) is 0 Å². The average molecular weight is 367 g/mol. The molecule has 0 spiro atoms. The van der Waals surface area contributed by atoms with E-state index < -0.39 is 0 Å². The lowest BCUT2D eigenvalue weighted by molar-refractivity contribution is -0.120. The minimum atomic E-state index is 0.647. The number of carbonyl (C=O) groups excluding carboxylic acids is 1. The van der Waals surface area contributed by atoms with Gasteiger partial charge >= 0.3 is 0 Å². The van der Waals surface area contributed by atoms with Gasteiger partial charge in [0.05, 0.1) is 5.70 Å². The van der Waals surface area contributed by atoms with Gasteiger partial charge in [-0.1, -0.05) is 50.2 Å². The number of hydrogen-bond donors (Lipinski definition) is 2. The van der Waals surface area contributed by atoms with Crippen LogP contribution in [-0.4, -0.2) is 36.4 Å². The highest BCUT2D eigenvalue weighted by Crippen LogP contribution is 2.19. The van der Waals surface area contributed by atoms with Crippen molar-refractivity contribution in [1.82, 2.24) is 4.90 Å². The first-order valence-electron chi connectivity index (χ1n) is 8.19. The smallest absolute Gasteiger partial charge is 0.209 e. The molecule has 1 heterocycles. The molecule has 134 valence electrons. The quantitative estimate of drug-likeness (QED) is 0.458. The van der Waals surface area contributed by atoms with E-state index in [4.69, 9.17) is 0 Å². The van der Waals surface area contributed by atoms with E-state index in [1.807, 2.05) is 48.2 Å². The Kier molecular flexibility index (Phi) is 14.6. The second-order valence-electron chi connectivity index (χ2n) is 5.83. The highest BCUT2D eigenvalue weighted by molar-refractivity contribution is 7.83. The normalized spacial score (nSPS) is 20.5. The molecule has 2 rings (SSSR count). The number of hydrogen-bond acceptors (Lipinski definition) is 4. The second-order valence-corrected chi connectivity index (χ2v) is 6.40. The summed E-state index contributed by atoms with van der Waals surface area (Å²) < 4.78 is 0. The Morgan fingerprint density at radius 1 is 1.12 bits per heavy atom. The summed E-state index contributed by atoms with van der Waals surface area (Å²) in [5.74, 6) is 2.02. The van der Waals surface area contributed by atoms with Crippen LogP contribution in [0.4, 0.5) is 0 Å². The zero-order valence-electron chi connectivity index (χ0n) is 14.9. The van der Waals surface area contributed by atoms with Crippen molar-refractivity contribution in [2.24, 2.45) is 16.8 Å². The Hall–Kier alpha value is -1.20. The van der Waals surface area contributed by atoms with E-state index in [0.717, 1.165) is 25.2 Å². The van der Waals surface area contributed by atoms with Gasteiger partial charge in [0.2, 0.25) is 6.41 Å². The van der Waals surface area contributed by atoms with Gasteiger partial charge in [-0.25, -0.2) is 0 Å². The van der Waals surface area contributed by atoms with Crippen molar-refractivity contribution in [1.29, 1.82) is 0 Å². The molecular formula is C19H30N2OS2. The Bertz CT molecular complexity index is 438. The lowest BCUT2D eigenvalue weighted by atomic mass is 9.92. The average Bonchev–Trinajstić information content (AvgIpc) is 2.61. The van der Waals surface area contributed by atoms with Crippen LogP contribution in [0.25, 0.3) is 0 Å². The maximum absolute atomic E-state index is 10.4. The third kappa shape index (κ3) is 12.3. The topological polar surface area (TPSA) is 32.7 Å². The number of aliphatic imine (C=N–C) groups is 1. The fraction of sp³-hybridized carbons (Fsp3) is 0.474. The van der Waals surface area contributed by atoms with Crippen LogP contribution in [0, 0.1) is 11.8 Å². The number of carbonyl (C=O) groups is 1. The number of benzene rings is 1. The van der Waals surface area contributed by atoms with Crippen molar-refractivity contribution in [2.45, 2.75) is 27.2 Å². The number of thiol groups is 2. The zero-order valence-corrected chi connectivity index (χ0v) is 16.7. The molecule has 24 heavy (non-hydrogen) atoms. The van der Waals surface area contributed by atoms with Gasteiger partial charge in [0.15, 0.2) is 0 Å². The molecule has 3 nitrogen and oxygen atoms in total. The molecule has 1 saturated heterocycles. The van der Waals surface area contributed by atoms with Crippen LogP contribution in [0.5, 0.6) is 0 Å². The minimum Gasteiger partial charge on any atom is -0.345 e. The first kappa shape index (κ1) is 22.8. The van der Waals surface area contributed by atoms with E-state index >= 15 is 0 Å². The monoisotopic (exact) mass is 366 g/mol. The summed E-state index contributed by atoms with van der Waals surface area (Å²) >= 11 is 7.90. The molecule has 0 N–H and O–H groups in total. The highest BCUT2D eigenvalue weighted by atomic mass is 32.1. The van der Waals surface area contributed by atoms with Gasteiger partial charge in [-0.2, -0.15) is 12.6 Å². The predicted octanol–water partition coefficient (Wildman–Crippen LogP) is 4.59. The molecule has 1 aliphatic rings. The van der Waals surface area contributed by atoms with Crippen LogP contribution < -0.4 is 0 Å². The number of rotatable bonds is 3. The standard InChI is InChI=1S/C8H15NO.C6H6.C5H9NS2/c1-7-3-8(2)5-9(4-7)6-10;1-2-4-6-5-3-1;1-2-6-5(3-7)4-8/h6-8H,3-5H2,1-2H3;1-6H;2-3,7-8H,4H2,1H3/b;;5-3-,6-2?. The Morgan fingerprint density at radius 3 is 1.83 bits per heavy atom. The molecule has 1 aromatic carbocycles. The third-order valence-corrected chi connectivity index (χ3v) is 3.94. The van der Waals surface area contributed by atoms with Crippen molar-refractivity contribution in [2.75, 3.05) is 18.8 Å². The summed E-state index contributed by atoms with van der Waals surface area (Å²) in [7, 11) is 0. The van der Waals surface area contributed by atoms with Crippen molar-refractivity contribution >= 4 is 37.9 Å². The highest BCUT2D eigenvalue weighted by Gasteiger charge is 2.19. The van der Waals surface area contributed by atoms with Crippen molar-refractivity contribution < 1.29 is 4.79 Å². The first-order chi connectivity index (χ1) is 11.6. The van der Waals surface area contributed by atoms with Gasteiger partial charge in [-0.05, 0) is 30.6 Å². The van der Waals surface area contributed by atoms with Crippen LogP contribution in [0.1, 0.15) is 27.2 Å². The molecule has 1 fully saturated rings. The van der Waals surface area contributed by atoms with E-state index in [9.17, 15) is 4.79 Å². The summed E-state index contributed by atoms with van der Waals surface area (Å²) in [6, 6.07) is 12.0. The molecule has 1 amide bonds. The van der Waals surface area contributed by atoms with E-state index in [1.165, 1.54) is 6.42 Å².